The summed E-state index contributed by atoms with van der Waals surface area (Å²) in [6.07, 6.45) is 1.59. The van der Waals surface area contributed by atoms with Crippen LogP contribution in [-0.2, 0) is 11.8 Å². The molecule has 0 radical (unpaired) electrons. The maximum atomic E-state index is 13.6. The van der Waals surface area contributed by atoms with Gasteiger partial charge in [0.2, 0.25) is 0 Å². The lowest BCUT2D eigenvalue weighted by molar-refractivity contribution is 0.106. The molecular formula is C24H22FN5O3. The van der Waals surface area contributed by atoms with E-state index in [1.807, 2.05) is 35.3 Å². The van der Waals surface area contributed by atoms with Crippen molar-refractivity contribution in [1.29, 1.82) is 0 Å². The first-order chi connectivity index (χ1) is 16.1. The first kappa shape index (κ1) is 20.9. The molecule has 0 amide bonds. The minimum Gasteiger partial charge on any atom is -0.424 e. The highest BCUT2D eigenvalue weighted by Gasteiger charge is 2.26. The quantitative estimate of drug-likeness (QED) is 0.468. The fourth-order valence-corrected chi connectivity index (χ4v) is 3.94. The van der Waals surface area contributed by atoms with Gasteiger partial charge in [0.25, 0.3) is 5.56 Å². The molecule has 1 saturated heterocycles. The van der Waals surface area contributed by atoms with Crippen molar-refractivity contribution in [3.05, 3.63) is 83.0 Å². The molecule has 33 heavy (non-hydrogen) atoms. The Morgan fingerprint density at radius 3 is 2.45 bits per heavy atom. The van der Waals surface area contributed by atoms with Crippen molar-refractivity contribution in [2.24, 2.45) is 7.05 Å². The number of rotatable bonds is 5. The zero-order chi connectivity index (χ0) is 22.8. The van der Waals surface area contributed by atoms with E-state index in [1.54, 1.807) is 40.9 Å². The second-order valence-electron chi connectivity index (χ2n) is 7.55. The van der Waals surface area contributed by atoms with Crippen LogP contribution in [-0.4, -0.2) is 45.7 Å². The second kappa shape index (κ2) is 8.87. The second-order valence-corrected chi connectivity index (χ2v) is 7.55. The smallest absolute Gasteiger partial charge is 0.322 e. The predicted molar refractivity (Wildman–Crippen MR) is 121 cm³/mol. The molecule has 0 unspecified atom stereocenters. The lowest BCUT2D eigenvalue weighted by Gasteiger charge is -2.30. The first-order valence-corrected chi connectivity index (χ1v) is 10.6. The van der Waals surface area contributed by atoms with Crippen LogP contribution in [0, 0.1) is 5.82 Å². The Morgan fingerprint density at radius 1 is 1.00 bits per heavy atom. The van der Waals surface area contributed by atoms with Gasteiger partial charge in [0.05, 0.1) is 43.3 Å². The van der Waals surface area contributed by atoms with E-state index in [4.69, 9.17) is 9.47 Å². The molecule has 2 aromatic carbocycles. The van der Waals surface area contributed by atoms with Crippen molar-refractivity contribution in [3.8, 4) is 34.3 Å². The number of para-hydroxylation sites is 1. The largest absolute Gasteiger partial charge is 0.424 e. The average molecular weight is 447 g/mol. The molecule has 3 heterocycles. The molecule has 0 spiro atoms. The van der Waals surface area contributed by atoms with Gasteiger partial charge in [-0.15, -0.1) is 0 Å². The fraction of sp³-hybridized carbons (Fsp3) is 0.208. The van der Waals surface area contributed by atoms with Gasteiger partial charge in [0.1, 0.15) is 11.6 Å². The van der Waals surface area contributed by atoms with Crippen LogP contribution >= 0.6 is 0 Å². The number of benzene rings is 2. The van der Waals surface area contributed by atoms with Crippen LogP contribution in [0.5, 0.6) is 11.8 Å². The van der Waals surface area contributed by atoms with E-state index in [1.165, 1.54) is 12.1 Å². The Morgan fingerprint density at radius 2 is 1.73 bits per heavy atom. The summed E-state index contributed by atoms with van der Waals surface area (Å²) in [7, 11) is 1.80. The van der Waals surface area contributed by atoms with Gasteiger partial charge in [-0.3, -0.25) is 14.5 Å². The van der Waals surface area contributed by atoms with E-state index in [2.05, 4.69) is 9.97 Å². The molecule has 0 atom stereocenters. The van der Waals surface area contributed by atoms with Crippen molar-refractivity contribution in [2.75, 3.05) is 31.3 Å². The molecule has 2 aromatic heterocycles. The Hall–Kier alpha value is -3.98. The lowest BCUT2D eigenvalue weighted by atomic mass is 10.0. The number of hydrogen-bond acceptors (Lipinski definition) is 6. The number of hydrogen-bond donors (Lipinski definition) is 0. The van der Waals surface area contributed by atoms with Crippen molar-refractivity contribution in [1.82, 2.24) is 19.4 Å². The Kier molecular flexibility index (Phi) is 5.62. The molecule has 0 N–H and O–H groups in total. The summed E-state index contributed by atoms with van der Waals surface area (Å²) in [5, 5.41) is 1.94. The molecular weight excluding hydrogens is 425 g/mol. The Balaban J connectivity index is 1.65. The molecule has 4 aromatic rings. The third kappa shape index (κ3) is 4.10. The standard InChI is InChI=1S/C24H22FN5O3/c1-28-22(20-11-12-26-24(27-20)33-19-5-3-2-4-6-19)21(17-7-9-18(25)10-8-17)23(31)30(28)29-13-15-32-16-14-29/h2-12H,13-16H2,1H3. The van der Waals surface area contributed by atoms with Crippen LogP contribution in [0.4, 0.5) is 4.39 Å². The number of morpholine rings is 1. The van der Waals surface area contributed by atoms with E-state index in [-0.39, 0.29) is 17.4 Å². The molecule has 8 nitrogen and oxygen atoms in total. The molecule has 0 aliphatic carbocycles. The number of nitrogens with zero attached hydrogens (tertiary/aromatic N) is 5. The van der Waals surface area contributed by atoms with Crippen molar-refractivity contribution < 1.29 is 13.9 Å². The minimum absolute atomic E-state index is 0.162. The summed E-state index contributed by atoms with van der Waals surface area (Å²) < 4.78 is 26.6. The van der Waals surface area contributed by atoms with Crippen LogP contribution in [0.3, 0.4) is 0 Å². The SMILES string of the molecule is Cn1c(-c2ccnc(Oc3ccccc3)n2)c(-c2ccc(F)cc2)c(=O)n1N1CCOCC1. The van der Waals surface area contributed by atoms with E-state index >= 15 is 0 Å². The Bertz CT molecular complexity index is 1310. The highest BCUT2D eigenvalue weighted by Crippen LogP contribution is 2.30. The van der Waals surface area contributed by atoms with Gasteiger partial charge >= 0.3 is 6.01 Å². The van der Waals surface area contributed by atoms with Crippen LogP contribution in [0.15, 0.2) is 71.7 Å². The maximum Gasteiger partial charge on any atom is 0.322 e. The number of ether oxygens (including phenoxy) is 2. The van der Waals surface area contributed by atoms with E-state index in [0.717, 1.165) is 0 Å². The van der Waals surface area contributed by atoms with Crippen LogP contribution in [0.1, 0.15) is 0 Å². The van der Waals surface area contributed by atoms with E-state index in [9.17, 15) is 9.18 Å². The summed E-state index contributed by atoms with van der Waals surface area (Å²) in [6, 6.07) is 17.0. The van der Waals surface area contributed by atoms with Gasteiger partial charge in [-0.1, -0.05) is 30.3 Å². The summed E-state index contributed by atoms with van der Waals surface area (Å²) >= 11 is 0. The number of aromatic nitrogens is 4. The minimum atomic E-state index is -0.370. The molecule has 0 saturated carbocycles. The van der Waals surface area contributed by atoms with Crippen LogP contribution in [0.2, 0.25) is 0 Å². The van der Waals surface area contributed by atoms with Crippen molar-refractivity contribution in [2.45, 2.75) is 0 Å². The normalized spacial score (nSPS) is 13.8. The zero-order valence-electron chi connectivity index (χ0n) is 18.0. The summed E-state index contributed by atoms with van der Waals surface area (Å²) in [5.74, 6) is 0.235. The molecule has 0 bridgehead atoms. The van der Waals surface area contributed by atoms with E-state index in [0.29, 0.717) is 54.6 Å². The maximum absolute atomic E-state index is 13.6. The molecule has 168 valence electrons. The topological polar surface area (TPSA) is 74.4 Å². The van der Waals surface area contributed by atoms with Gasteiger partial charge in [-0.05, 0) is 35.9 Å². The van der Waals surface area contributed by atoms with Gasteiger partial charge in [0, 0.05) is 13.2 Å². The Labute approximate surface area is 189 Å². The summed E-state index contributed by atoms with van der Waals surface area (Å²) in [4.78, 5) is 24.0. The third-order valence-corrected chi connectivity index (χ3v) is 5.46. The van der Waals surface area contributed by atoms with E-state index < -0.39 is 0 Å². The molecule has 9 heteroatoms. The van der Waals surface area contributed by atoms with Crippen LogP contribution in [0.25, 0.3) is 22.5 Å². The lowest BCUT2D eigenvalue weighted by Crippen LogP contribution is -2.50. The molecule has 1 aliphatic heterocycles. The highest BCUT2D eigenvalue weighted by atomic mass is 19.1. The first-order valence-electron chi connectivity index (χ1n) is 10.6. The van der Waals surface area contributed by atoms with Gasteiger partial charge in [0.15, 0.2) is 0 Å². The molecule has 1 aliphatic rings. The molecule has 1 fully saturated rings. The monoisotopic (exact) mass is 447 g/mol. The van der Waals surface area contributed by atoms with Gasteiger partial charge in [-0.2, -0.15) is 9.77 Å². The fourth-order valence-electron chi connectivity index (χ4n) is 3.94. The van der Waals surface area contributed by atoms with Crippen molar-refractivity contribution in [3.63, 3.8) is 0 Å². The van der Waals surface area contributed by atoms with Gasteiger partial charge < -0.3 is 9.47 Å². The zero-order valence-corrected chi connectivity index (χ0v) is 18.0. The molecule has 5 rings (SSSR count). The van der Waals surface area contributed by atoms with Gasteiger partial charge in [-0.25, -0.2) is 9.37 Å². The third-order valence-electron chi connectivity index (χ3n) is 5.46. The summed E-state index contributed by atoms with van der Waals surface area (Å²) in [5.41, 5.74) is 1.90. The van der Waals surface area contributed by atoms with Crippen molar-refractivity contribution >= 4 is 0 Å². The average Bonchev–Trinajstić information content (AvgIpc) is 3.11. The van der Waals surface area contributed by atoms with Crippen LogP contribution < -0.4 is 15.3 Å². The number of halogens is 1. The highest BCUT2D eigenvalue weighted by molar-refractivity contribution is 5.79. The predicted octanol–water partition coefficient (Wildman–Crippen LogP) is 3.21. The summed E-state index contributed by atoms with van der Waals surface area (Å²) in [6.45, 7) is 2.21.